The minimum atomic E-state index is -0.594. The molecular formula is C26H22O7. The van der Waals surface area contributed by atoms with Crippen molar-refractivity contribution in [1.82, 2.24) is 0 Å². The van der Waals surface area contributed by atoms with Crippen LogP contribution in [0.25, 0.3) is 6.08 Å². The van der Waals surface area contributed by atoms with Crippen LogP contribution in [-0.2, 0) is 0 Å². The lowest BCUT2D eigenvalue weighted by Gasteiger charge is -2.10. The molecule has 7 nitrogen and oxygen atoms in total. The largest absolute Gasteiger partial charge is 0.497 e. The highest BCUT2D eigenvalue weighted by Crippen LogP contribution is 2.38. The highest BCUT2D eigenvalue weighted by molar-refractivity contribution is 6.15. The third kappa shape index (κ3) is 4.52. The van der Waals surface area contributed by atoms with Crippen molar-refractivity contribution in [3.63, 3.8) is 0 Å². The van der Waals surface area contributed by atoms with Gasteiger partial charge >= 0.3 is 5.97 Å². The molecule has 0 aliphatic carbocycles. The molecule has 0 atom stereocenters. The van der Waals surface area contributed by atoms with Crippen molar-refractivity contribution < 1.29 is 33.3 Å². The smallest absolute Gasteiger partial charge is 0.343 e. The van der Waals surface area contributed by atoms with Crippen molar-refractivity contribution in [2.45, 2.75) is 6.92 Å². The number of rotatable bonds is 6. The Morgan fingerprint density at radius 3 is 2.21 bits per heavy atom. The molecule has 0 radical (unpaired) electrons. The third-order valence-electron chi connectivity index (χ3n) is 5.13. The summed E-state index contributed by atoms with van der Waals surface area (Å²) in [4.78, 5) is 25.6. The van der Waals surface area contributed by atoms with Crippen LogP contribution in [0.15, 0.2) is 60.4 Å². The molecule has 0 fully saturated rings. The van der Waals surface area contributed by atoms with Crippen molar-refractivity contribution in [2.24, 2.45) is 0 Å². The van der Waals surface area contributed by atoms with Crippen molar-refractivity contribution >= 4 is 17.8 Å². The molecule has 0 amide bonds. The molecule has 0 N–H and O–H groups in total. The quantitative estimate of drug-likeness (QED) is 0.304. The molecule has 33 heavy (non-hydrogen) atoms. The van der Waals surface area contributed by atoms with Crippen LogP contribution in [-0.4, -0.2) is 33.1 Å². The summed E-state index contributed by atoms with van der Waals surface area (Å²) in [6.45, 7) is 1.76. The molecule has 0 saturated heterocycles. The first kappa shape index (κ1) is 22.0. The molecule has 168 valence electrons. The van der Waals surface area contributed by atoms with Crippen molar-refractivity contribution in [3.05, 3.63) is 82.6 Å². The molecular weight excluding hydrogens is 424 g/mol. The zero-order valence-corrected chi connectivity index (χ0v) is 18.6. The number of benzene rings is 3. The van der Waals surface area contributed by atoms with Gasteiger partial charge in [0.05, 0.1) is 32.5 Å². The number of methoxy groups -OCH3 is 3. The average Bonchev–Trinajstić information content (AvgIpc) is 3.13. The molecule has 1 aliphatic rings. The third-order valence-corrected chi connectivity index (χ3v) is 5.13. The first-order valence-corrected chi connectivity index (χ1v) is 10.1. The van der Waals surface area contributed by atoms with Crippen molar-refractivity contribution in [3.8, 4) is 28.7 Å². The number of Topliss-reactive ketones (excluding diaryl/α,β-unsaturated/α-hetero) is 1. The zero-order chi connectivity index (χ0) is 23.5. The maximum Gasteiger partial charge on any atom is 0.343 e. The van der Waals surface area contributed by atoms with Gasteiger partial charge in [-0.2, -0.15) is 0 Å². The lowest BCUT2D eigenvalue weighted by molar-refractivity contribution is 0.0733. The first-order valence-electron chi connectivity index (χ1n) is 10.1. The van der Waals surface area contributed by atoms with Gasteiger partial charge in [0, 0.05) is 12.1 Å². The van der Waals surface area contributed by atoms with Gasteiger partial charge in [0.2, 0.25) is 5.78 Å². The van der Waals surface area contributed by atoms with Crippen LogP contribution in [0.1, 0.15) is 31.8 Å². The Hall–Kier alpha value is -4.26. The van der Waals surface area contributed by atoms with E-state index in [9.17, 15) is 9.59 Å². The number of ether oxygens (including phenoxy) is 5. The number of allylic oxidation sites excluding steroid dienone is 1. The van der Waals surface area contributed by atoms with E-state index in [1.54, 1.807) is 50.4 Å². The molecule has 0 aromatic heterocycles. The van der Waals surface area contributed by atoms with E-state index in [-0.39, 0.29) is 22.9 Å². The topological polar surface area (TPSA) is 80.3 Å². The van der Waals surface area contributed by atoms with Gasteiger partial charge in [-0.15, -0.1) is 0 Å². The fraction of sp³-hybridized carbons (Fsp3) is 0.154. The maximum atomic E-state index is 12.9. The normalized spacial score (nSPS) is 13.3. The summed E-state index contributed by atoms with van der Waals surface area (Å²) in [5, 5.41) is 0. The Bertz CT molecular complexity index is 1250. The second kappa shape index (κ2) is 9.08. The zero-order valence-electron chi connectivity index (χ0n) is 18.6. The number of aryl methyl sites for hydroxylation is 1. The monoisotopic (exact) mass is 446 g/mol. The molecule has 0 bridgehead atoms. The van der Waals surface area contributed by atoms with E-state index in [2.05, 4.69) is 0 Å². The Kier molecular flexibility index (Phi) is 6.04. The fourth-order valence-corrected chi connectivity index (χ4v) is 3.51. The van der Waals surface area contributed by atoms with E-state index in [0.717, 1.165) is 5.56 Å². The first-order chi connectivity index (χ1) is 15.9. The SMILES string of the molecule is COc1cccc(/C=C2\Oc3cc(OC(=O)c4cc(OC)cc(OC)c4)cc(C)c3C2=O)c1. The number of ketones is 1. The van der Waals surface area contributed by atoms with Crippen molar-refractivity contribution in [1.29, 1.82) is 0 Å². The summed E-state index contributed by atoms with van der Waals surface area (Å²) in [7, 11) is 4.57. The second-order valence-corrected chi connectivity index (χ2v) is 7.32. The summed E-state index contributed by atoms with van der Waals surface area (Å²) in [6.07, 6.45) is 1.65. The lowest BCUT2D eigenvalue weighted by Crippen LogP contribution is -2.09. The average molecular weight is 446 g/mol. The molecule has 3 aromatic rings. The van der Waals surface area contributed by atoms with Gasteiger partial charge in [-0.25, -0.2) is 4.79 Å². The fourth-order valence-electron chi connectivity index (χ4n) is 3.51. The number of esters is 1. The van der Waals surface area contributed by atoms with Crippen LogP contribution in [0.2, 0.25) is 0 Å². The van der Waals surface area contributed by atoms with Gasteiger partial charge in [0.1, 0.15) is 28.7 Å². The molecule has 3 aromatic carbocycles. The van der Waals surface area contributed by atoms with Crippen LogP contribution in [0.3, 0.4) is 0 Å². The summed E-state index contributed by atoms with van der Waals surface area (Å²) in [6, 6.07) is 15.2. The van der Waals surface area contributed by atoms with E-state index >= 15 is 0 Å². The second-order valence-electron chi connectivity index (χ2n) is 7.32. The molecule has 4 rings (SSSR count). The molecule has 0 spiro atoms. The van der Waals surface area contributed by atoms with Crippen LogP contribution in [0.5, 0.6) is 28.7 Å². The summed E-state index contributed by atoms with van der Waals surface area (Å²) >= 11 is 0. The molecule has 0 saturated carbocycles. The summed E-state index contributed by atoms with van der Waals surface area (Å²) in [5.41, 5.74) is 2.10. The maximum absolute atomic E-state index is 12.9. The highest BCUT2D eigenvalue weighted by atomic mass is 16.5. The predicted octanol–water partition coefficient (Wildman–Crippen LogP) is 4.86. The summed E-state index contributed by atoms with van der Waals surface area (Å²) < 4.78 is 27.0. The Labute approximate surface area is 191 Å². The van der Waals surface area contributed by atoms with E-state index in [1.165, 1.54) is 20.3 Å². The number of carbonyl (C=O) groups excluding carboxylic acids is 2. The lowest BCUT2D eigenvalue weighted by atomic mass is 10.0. The summed E-state index contributed by atoms with van der Waals surface area (Å²) in [5.74, 6) is 1.55. The molecule has 1 heterocycles. The minimum absolute atomic E-state index is 0.183. The predicted molar refractivity (Wildman–Crippen MR) is 122 cm³/mol. The highest BCUT2D eigenvalue weighted by Gasteiger charge is 2.30. The number of hydrogen-bond acceptors (Lipinski definition) is 7. The van der Waals surface area contributed by atoms with Gasteiger partial charge in [0.15, 0.2) is 5.76 Å². The van der Waals surface area contributed by atoms with Crippen LogP contribution in [0, 0.1) is 6.92 Å². The van der Waals surface area contributed by atoms with Gasteiger partial charge in [-0.3, -0.25) is 4.79 Å². The number of fused-ring (bicyclic) bond motifs is 1. The Balaban J connectivity index is 1.60. The minimum Gasteiger partial charge on any atom is -0.497 e. The van der Waals surface area contributed by atoms with Gasteiger partial charge in [0.25, 0.3) is 0 Å². The van der Waals surface area contributed by atoms with E-state index in [1.807, 2.05) is 18.2 Å². The molecule has 0 unspecified atom stereocenters. The molecule has 7 heteroatoms. The van der Waals surface area contributed by atoms with E-state index in [0.29, 0.717) is 34.1 Å². The van der Waals surface area contributed by atoms with Gasteiger partial charge in [-0.05, 0) is 54.5 Å². The van der Waals surface area contributed by atoms with E-state index in [4.69, 9.17) is 23.7 Å². The standard InChI is InChI=1S/C26H22O7/c1-15-8-21(32-26(28)17-11-19(30-3)13-20(12-17)31-4)14-22-24(15)25(27)23(33-22)10-16-6-5-7-18(9-16)29-2/h5-14H,1-4H3/b23-10-. The van der Waals surface area contributed by atoms with Gasteiger partial charge < -0.3 is 23.7 Å². The van der Waals surface area contributed by atoms with Crippen LogP contribution >= 0.6 is 0 Å². The van der Waals surface area contributed by atoms with Crippen LogP contribution in [0.4, 0.5) is 0 Å². The van der Waals surface area contributed by atoms with Crippen LogP contribution < -0.4 is 23.7 Å². The van der Waals surface area contributed by atoms with Gasteiger partial charge in [-0.1, -0.05) is 12.1 Å². The molecule has 1 aliphatic heterocycles. The van der Waals surface area contributed by atoms with E-state index < -0.39 is 5.97 Å². The Morgan fingerprint density at radius 2 is 1.55 bits per heavy atom. The number of hydrogen-bond donors (Lipinski definition) is 0. The Morgan fingerprint density at radius 1 is 0.848 bits per heavy atom. The van der Waals surface area contributed by atoms with Crippen molar-refractivity contribution in [2.75, 3.05) is 21.3 Å². The number of carbonyl (C=O) groups is 2.